The standard InChI is InChI=1S/C15H17N3O3/c1-9-12(7-15(19)20)10(2)18-13(17-9)6-11-4-5-14(21-3)16-8-11/h4-5,8H,6-7H2,1-3H3,(H,19,20). The number of rotatable bonds is 5. The Morgan fingerprint density at radius 3 is 2.38 bits per heavy atom. The molecule has 110 valence electrons. The Morgan fingerprint density at radius 2 is 1.90 bits per heavy atom. The van der Waals surface area contributed by atoms with Gasteiger partial charge in [-0.25, -0.2) is 15.0 Å². The van der Waals surface area contributed by atoms with E-state index in [0.717, 1.165) is 5.56 Å². The summed E-state index contributed by atoms with van der Waals surface area (Å²) in [6.07, 6.45) is 2.21. The maximum absolute atomic E-state index is 10.8. The molecule has 0 saturated heterocycles. The minimum atomic E-state index is -0.878. The monoisotopic (exact) mass is 287 g/mol. The summed E-state index contributed by atoms with van der Waals surface area (Å²) in [5, 5.41) is 8.89. The van der Waals surface area contributed by atoms with Crippen LogP contribution in [-0.4, -0.2) is 33.1 Å². The van der Waals surface area contributed by atoms with E-state index in [4.69, 9.17) is 9.84 Å². The summed E-state index contributed by atoms with van der Waals surface area (Å²) >= 11 is 0. The van der Waals surface area contributed by atoms with Gasteiger partial charge in [0.1, 0.15) is 5.82 Å². The van der Waals surface area contributed by atoms with Gasteiger partial charge in [0, 0.05) is 35.6 Å². The van der Waals surface area contributed by atoms with Gasteiger partial charge in [0.2, 0.25) is 5.88 Å². The van der Waals surface area contributed by atoms with Crippen molar-refractivity contribution in [2.24, 2.45) is 0 Å². The van der Waals surface area contributed by atoms with E-state index in [1.165, 1.54) is 0 Å². The molecule has 2 heterocycles. The summed E-state index contributed by atoms with van der Waals surface area (Å²) in [6, 6.07) is 3.69. The summed E-state index contributed by atoms with van der Waals surface area (Å²) in [7, 11) is 1.57. The van der Waals surface area contributed by atoms with Crippen molar-refractivity contribution in [2.45, 2.75) is 26.7 Å². The molecule has 0 bridgehead atoms. The van der Waals surface area contributed by atoms with Gasteiger partial charge in [-0.3, -0.25) is 4.79 Å². The van der Waals surface area contributed by atoms with E-state index in [2.05, 4.69) is 15.0 Å². The van der Waals surface area contributed by atoms with Crippen LogP contribution < -0.4 is 4.74 Å². The Balaban J connectivity index is 2.22. The second kappa shape index (κ2) is 6.30. The molecule has 21 heavy (non-hydrogen) atoms. The first-order valence-corrected chi connectivity index (χ1v) is 6.53. The fourth-order valence-corrected chi connectivity index (χ4v) is 2.11. The molecule has 0 saturated carbocycles. The van der Waals surface area contributed by atoms with Crippen molar-refractivity contribution in [3.63, 3.8) is 0 Å². The second-order valence-corrected chi connectivity index (χ2v) is 4.75. The molecule has 2 aromatic heterocycles. The van der Waals surface area contributed by atoms with Gasteiger partial charge in [-0.15, -0.1) is 0 Å². The highest BCUT2D eigenvalue weighted by atomic mass is 16.5. The van der Waals surface area contributed by atoms with Gasteiger partial charge >= 0.3 is 5.97 Å². The topological polar surface area (TPSA) is 85.2 Å². The third-order valence-corrected chi connectivity index (χ3v) is 3.16. The van der Waals surface area contributed by atoms with Crippen molar-refractivity contribution >= 4 is 5.97 Å². The lowest BCUT2D eigenvalue weighted by Gasteiger charge is -2.09. The van der Waals surface area contributed by atoms with E-state index in [1.54, 1.807) is 19.4 Å². The summed E-state index contributed by atoms with van der Waals surface area (Å²) in [5.74, 6) is 0.340. The van der Waals surface area contributed by atoms with E-state index in [9.17, 15) is 4.79 Å². The lowest BCUT2D eigenvalue weighted by molar-refractivity contribution is -0.136. The number of carboxylic acid groups (broad SMARTS) is 1. The Kier molecular flexibility index (Phi) is 4.47. The minimum Gasteiger partial charge on any atom is -0.481 e. The van der Waals surface area contributed by atoms with Crippen LogP contribution in [0.3, 0.4) is 0 Å². The van der Waals surface area contributed by atoms with Crippen LogP contribution in [0.1, 0.15) is 28.3 Å². The summed E-state index contributed by atoms with van der Waals surface area (Å²) in [6.45, 7) is 3.62. The van der Waals surface area contributed by atoms with Crippen molar-refractivity contribution in [3.05, 3.63) is 46.7 Å². The first-order chi connectivity index (χ1) is 9.99. The molecule has 0 radical (unpaired) electrons. The van der Waals surface area contributed by atoms with Crippen LogP contribution in [0.25, 0.3) is 0 Å². The predicted octanol–water partition coefficient (Wildman–Crippen LogP) is 1.71. The Bertz CT molecular complexity index is 631. The van der Waals surface area contributed by atoms with E-state index >= 15 is 0 Å². The first-order valence-electron chi connectivity index (χ1n) is 6.53. The summed E-state index contributed by atoms with van der Waals surface area (Å²) < 4.78 is 5.01. The fraction of sp³-hybridized carbons (Fsp3) is 0.333. The third kappa shape index (κ3) is 3.75. The zero-order valence-electron chi connectivity index (χ0n) is 12.3. The number of nitrogens with zero attached hydrogens (tertiary/aromatic N) is 3. The predicted molar refractivity (Wildman–Crippen MR) is 76.4 cm³/mol. The third-order valence-electron chi connectivity index (χ3n) is 3.16. The highest BCUT2D eigenvalue weighted by molar-refractivity contribution is 5.70. The minimum absolute atomic E-state index is 0.0535. The number of aryl methyl sites for hydroxylation is 2. The van der Waals surface area contributed by atoms with Crippen LogP contribution in [0.4, 0.5) is 0 Å². The largest absolute Gasteiger partial charge is 0.481 e. The molecule has 2 aromatic rings. The van der Waals surface area contributed by atoms with Crippen LogP contribution >= 0.6 is 0 Å². The smallest absolute Gasteiger partial charge is 0.307 e. The molecule has 0 amide bonds. The maximum Gasteiger partial charge on any atom is 0.307 e. The molecule has 0 fully saturated rings. The molecule has 0 aliphatic heterocycles. The number of pyridine rings is 1. The van der Waals surface area contributed by atoms with E-state index in [0.29, 0.717) is 35.1 Å². The van der Waals surface area contributed by atoms with Gasteiger partial charge in [0.05, 0.1) is 13.5 Å². The van der Waals surface area contributed by atoms with E-state index < -0.39 is 5.97 Å². The molecule has 2 rings (SSSR count). The molecule has 6 nitrogen and oxygen atoms in total. The van der Waals surface area contributed by atoms with Gasteiger partial charge in [-0.1, -0.05) is 6.07 Å². The molecular weight excluding hydrogens is 270 g/mol. The zero-order valence-corrected chi connectivity index (χ0v) is 12.3. The van der Waals surface area contributed by atoms with Crippen molar-refractivity contribution in [2.75, 3.05) is 7.11 Å². The molecule has 0 aliphatic rings. The molecular formula is C15H17N3O3. The van der Waals surface area contributed by atoms with Crippen LogP contribution in [0, 0.1) is 13.8 Å². The number of carboxylic acids is 1. The van der Waals surface area contributed by atoms with Crippen LogP contribution in [-0.2, 0) is 17.6 Å². The lowest BCUT2D eigenvalue weighted by atomic mass is 10.1. The van der Waals surface area contributed by atoms with Crippen LogP contribution in [0.15, 0.2) is 18.3 Å². The SMILES string of the molecule is COc1ccc(Cc2nc(C)c(CC(=O)O)c(C)n2)cn1. The number of hydrogen-bond acceptors (Lipinski definition) is 5. The van der Waals surface area contributed by atoms with Gasteiger partial charge in [-0.2, -0.15) is 0 Å². The zero-order chi connectivity index (χ0) is 15.4. The number of aliphatic carboxylic acids is 1. The molecule has 0 aliphatic carbocycles. The van der Waals surface area contributed by atoms with Crippen LogP contribution in [0.2, 0.25) is 0 Å². The van der Waals surface area contributed by atoms with Crippen molar-refractivity contribution in [3.8, 4) is 5.88 Å². The van der Waals surface area contributed by atoms with Gasteiger partial charge in [-0.05, 0) is 19.4 Å². The van der Waals surface area contributed by atoms with Crippen molar-refractivity contribution in [1.82, 2.24) is 15.0 Å². The highest BCUT2D eigenvalue weighted by Crippen LogP contribution is 2.14. The molecule has 6 heteroatoms. The number of methoxy groups -OCH3 is 1. The normalized spacial score (nSPS) is 10.4. The Hall–Kier alpha value is -2.50. The van der Waals surface area contributed by atoms with Gasteiger partial charge < -0.3 is 9.84 Å². The van der Waals surface area contributed by atoms with Gasteiger partial charge in [0.15, 0.2) is 0 Å². The summed E-state index contributed by atoms with van der Waals surface area (Å²) in [5.41, 5.74) is 3.07. The van der Waals surface area contributed by atoms with Gasteiger partial charge in [0.25, 0.3) is 0 Å². The van der Waals surface area contributed by atoms with Crippen molar-refractivity contribution < 1.29 is 14.6 Å². The maximum atomic E-state index is 10.8. The summed E-state index contributed by atoms with van der Waals surface area (Å²) in [4.78, 5) is 23.8. The second-order valence-electron chi connectivity index (χ2n) is 4.75. The van der Waals surface area contributed by atoms with Crippen LogP contribution in [0.5, 0.6) is 5.88 Å². The lowest BCUT2D eigenvalue weighted by Crippen LogP contribution is -2.10. The number of ether oxygens (including phenoxy) is 1. The average Bonchev–Trinajstić information content (AvgIpc) is 2.43. The first kappa shape index (κ1) is 14.9. The Morgan fingerprint density at radius 1 is 1.24 bits per heavy atom. The highest BCUT2D eigenvalue weighted by Gasteiger charge is 2.12. The molecule has 0 spiro atoms. The number of carbonyl (C=O) groups is 1. The van der Waals surface area contributed by atoms with E-state index in [1.807, 2.05) is 19.9 Å². The Labute approximate surface area is 122 Å². The molecule has 0 unspecified atom stereocenters. The number of aromatic nitrogens is 3. The number of hydrogen-bond donors (Lipinski definition) is 1. The quantitative estimate of drug-likeness (QED) is 0.901. The molecule has 1 N–H and O–H groups in total. The molecule has 0 aromatic carbocycles. The molecule has 0 atom stereocenters. The van der Waals surface area contributed by atoms with Crippen molar-refractivity contribution in [1.29, 1.82) is 0 Å². The average molecular weight is 287 g/mol. The van der Waals surface area contributed by atoms with E-state index in [-0.39, 0.29) is 6.42 Å². The fourth-order valence-electron chi connectivity index (χ4n) is 2.11.